The molecule has 8 nitrogen and oxygen atoms in total. The van der Waals surface area contributed by atoms with Crippen LogP contribution in [-0.4, -0.2) is 45.7 Å². The van der Waals surface area contributed by atoms with E-state index in [-0.39, 0.29) is 12.3 Å². The monoisotopic (exact) mass is 370 g/mol. The van der Waals surface area contributed by atoms with Crippen molar-refractivity contribution in [1.82, 2.24) is 20.4 Å². The Morgan fingerprint density at radius 2 is 2.00 bits per heavy atom. The minimum atomic E-state index is -0.388. The Kier molecular flexibility index (Phi) is 6.92. The molecule has 8 heteroatoms. The molecule has 1 aliphatic rings. The van der Waals surface area contributed by atoms with E-state index >= 15 is 0 Å². The summed E-state index contributed by atoms with van der Waals surface area (Å²) in [5.41, 5.74) is 2.52. The van der Waals surface area contributed by atoms with Gasteiger partial charge in [0.1, 0.15) is 11.6 Å². The van der Waals surface area contributed by atoms with Crippen molar-refractivity contribution in [3.05, 3.63) is 30.6 Å². The van der Waals surface area contributed by atoms with Crippen molar-refractivity contribution in [2.24, 2.45) is 0 Å². The maximum atomic E-state index is 11.1. The van der Waals surface area contributed by atoms with Gasteiger partial charge in [0, 0.05) is 50.1 Å². The lowest BCUT2D eigenvalue weighted by molar-refractivity contribution is -0.129. The third-order valence-corrected chi connectivity index (χ3v) is 4.57. The number of nitrogens with zero attached hydrogens (tertiary/aromatic N) is 4. The molecule has 1 aliphatic heterocycles. The highest BCUT2D eigenvalue weighted by molar-refractivity contribution is 5.74. The van der Waals surface area contributed by atoms with E-state index in [1.54, 1.807) is 17.9 Å². The minimum absolute atomic E-state index is 0.253. The van der Waals surface area contributed by atoms with Crippen LogP contribution in [0.1, 0.15) is 38.5 Å². The SMILES string of the molecule is O=C(CCCNc1cc(N2CCCCCC2)nc(-c2cccnc2)n1)NO. The number of amides is 1. The van der Waals surface area contributed by atoms with Crippen LogP contribution in [0.4, 0.5) is 11.6 Å². The highest BCUT2D eigenvalue weighted by atomic mass is 16.5. The average Bonchev–Trinajstić information content (AvgIpc) is 3.01. The van der Waals surface area contributed by atoms with Gasteiger partial charge in [0.15, 0.2) is 5.82 Å². The molecule has 2 aromatic rings. The second-order valence-corrected chi connectivity index (χ2v) is 6.64. The Hall–Kier alpha value is -2.74. The van der Waals surface area contributed by atoms with Gasteiger partial charge in [-0.3, -0.25) is 15.0 Å². The summed E-state index contributed by atoms with van der Waals surface area (Å²) in [5.74, 6) is 1.90. The quantitative estimate of drug-likeness (QED) is 0.391. The normalized spacial score (nSPS) is 14.5. The molecule has 0 bridgehead atoms. The summed E-state index contributed by atoms with van der Waals surface area (Å²) in [4.78, 5) is 27.0. The zero-order valence-electron chi connectivity index (χ0n) is 15.4. The lowest BCUT2D eigenvalue weighted by atomic mass is 10.2. The van der Waals surface area contributed by atoms with Gasteiger partial charge >= 0.3 is 0 Å². The first kappa shape index (κ1) is 19.0. The zero-order valence-corrected chi connectivity index (χ0v) is 15.4. The van der Waals surface area contributed by atoms with Gasteiger partial charge in [-0.15, -0.1) is 0 Å². The fraction of sp³-hybridized carbons (Fsp3) is 0.474. The number of pyridine rings is 1. The van der Waals surface area contributed by atoms with E-state index in [9.17, 15) is 4.79 Å². The van der Waals surface area contributed by atoms with E-state index < -0.39 is 0 Å². The number of aromatic nitrogens is 3. The molecule has 3 heterocycles. The van der Waals surface area contributed by atoms with Crippen LogP contribution in [0.25, 0.3) is 11.4 Å². The Morgan fingerprint density at radius 1 is 1.19 bits per heavy atom. The standard InChI is InChI=1S/C19H26N6O2/c26-18(24-27)8-6-10-21-16-13-17(25-11-3-1-2-4-12-25)23-19(22-16)15-7-5-9-20-14-15/h5,7,9,13-14,27H,1-4,6,8,10-12H2,(H,24,26)(H,21,22,23). The van der Waals surface area contributed by atoms with Gasteiger partial charge < -0.3 is 10.2 Å². The van der Waals surface area contributed by atoms with Crippen LogP contribution < -0.4 is 15.7 Å². The summed E-state index contributed by atoms with van der Waals surface area (Å²) >= 11 is 0. The van der Waals surface area contributed by atoms with E-state index in [1.165, 1.54) is 25.7 Å². The summed E-state index contributed by atoms with van der Waals surface area (Å²) < 4.78 is 0. The molecule has 2 aromatic heterocycles. The molecular weight excluding hydrogens is 344 g/mol. The first-order chi connectivity index (χ1) is 13.3. The molecular formula is C19H26N6O2. The number of rotatable bonds is 7. The summed E-state index contributed by atoms with van der Waals surface area (Å²) in [6.07, 6.45) is 9.20. The van der Waals surface area contributed by atoms with Crippen molar-refractivity contribution in [3.8, 4) is 11.4 Å². The van der Waals surface area contributed by atoms with E-state index in [0.717, 1.165) is 30.3 Å². The second-order valence-electron chi connectivity index (χ2n) is 6.64. The third kappa shape index (κ3) is 5.62. The lowest BCUT2D eigenvalue weighted by Gasteiger charge is -2.22. The largest absolute Gasteiger partial charge is 0.370 e. The summed E-state index contributed by atoms with van der Waals surface area (Å²) in [6, 6.07) is 5.79. The molecule has 0 atom stereocenters. The molecule has 0 radical (unpaired) electrons. The van der Waals surface area contributed by atoms with Gasteiger partial charge in [-0.05, 0) is 31.4 Å². The number of hydroxylamine groups is 1. The molecule has 0 unspecified atom stereocenters. The van der Waals surface area contributed by atoms with E-state index in [1.807, 2.05) is 18.2 Å². The number of nitrogens with one attached hydrogen (secondary N) is 2. The zero-order chi connectivity index (χ0) is 18.9. The number of hydrogen-bond acceptors (Lipinski definition) is 7. The summed E-state index contributed by atoms with van der Waals surface area (Å²) in [5, 5.41) is 11.8. The van der Waals surface area contributed by atoms with Crippen LogP contribution in [0.15, 0.2) is 30.6 Å². The molecule has 27 heavy (non-hydrogen) atoms. The van der Waals surface area contributed by atoms with E-state index in [4.69, 9.17) is 10.2 Å². The van der Waals surface area contributed by atoms with Crippen LogP contribution in [0.2, 0.25) is 0 Å². The van der Waals surface area contributed by atoms with E-state index in [2.05, 4.69) is 20.2 Å². The van der Waals surface area contributed by atoms with Crippen molar-refractivity contribution >= 4 is 17.5 Å². The van der Waals surface area contributed by atoms with Crippen molar-refractivity contribution in [3.63, 3.8) is 0 Å². The molecule has 3 rings (SSSR count). The molecule has 1 fully saturated rings. The van der Waals surface area contributed by atoms with Crippen molar-refractivity contribution in [2.75, 3.05) is 29.9 Å². The lowest BCUT2D eigenvalue weighted by Crippen LogP contribution is -2.25. The van der Waals surface area contributed by atoms with Gasteiger partial charge in [-0.25, -0.2) is 15.4 Å². The Morgan fingerprint density at radius 3 is 2.70 bits per heavy atom. The van der Waals surface area contributed by atoms with Crippen molar-refractivity contribution in [2.45, 2.75) is 38.5 Å². The number of hydrogen-bond donors (Lipinski definition) is 3. The number of carbonyl (C=O) groups is 1. The number of anilines is 2. The van der Waals surface area contributed by atoms with Crippen molar-refractivity contribution < 1.29 is 10.0 Å². The summed E-state index contributed by atoms with van der Waals surface area (Å²) in [6.45, 7) is 2.58. The van der Waals surface area contributed by atoms with Crippen molar-refractivity contribution in [1.29, 1.82) is 0 Å². The summed E-state index contributed by atoms with van der Waals surface area (Å²) in [7, 11) is 0. The second kappa shape index (κ2) is 9.82. The Labute approximate surface area is 159 Å². The van der Waals surface area contributed by atoms with Gasteiger partial charge in [0.05, 0.1) is 0 Å². The van der Waals surface area contributed by atoms with Gasteiger partial charge in [0.2, 0.25) is 5.91 Å². The highest BCUT2D eigenvalue weighted by Gasteiger charge is 2.15. The minimum Gasteiger partial charge on any atom is -0.370 e. The number of carbonyl (C=O) groups excluding carboxylic acids is 1. The Balaban J connectivity index is 1.78. The van der Waals surface area contributed by atoms with Crippen LogP contribution in [0, 0.1) is 0 Å². The van der Waals surface area contributed by atoms with Crippen LogP contribution in [0.3, 0.4) is 0 Å². The molecule has 3 N–H and O–H groups in total. The Bertz CT molecular complexity index is 732. The predicted octanol–water partition coefficient (Wildman–Crippen LogP) is 2.62. The topological polar surface area (TPSA) is 103 Å². The van der Waals surface area contributed by atoms with Crippen LogP contribution in [-0.2, 0) is 4.79 Å². The maximum absolute atomic E-state index is 11.1. The van der Waals surface area contributed by atoms with Gasteiger partial charge in [-0.2, -0.15) is 0 Å². The van der Waals surface area contributed by atoms with E-state index in [0.29, 0.717) is 18.8 Å². The predicted molar refractivity (Wildman–Crippen MR) is 104 cm³/mol. The highest BCUT2D eigenvalue weighted by Crippen LogP contribution is 2.24. The fourth-order valence-electron chi connectivity index (χ4n) is 3.13. The molecule has 0 spiro atoms. The van der Waals surface area contributed by atoms with Gasteiger partial charge in [0.25, 0.3) is 0 Å². The molecule has 1 saturated heterocycles. The molecule has 0 saturated carbocycles. The fourth-order valence-corrected chi connectivity index (χ4v) is 3.13. The smallest absolute Gasteiger partial charge is 0.243 e. The third-order valence-electron chi connectivity index (χ3n) is 4.57. The molecule has 144 valence electrons. The van der Waals surface area contributed by atoms with Crippen LogP contribution >= 0.6 is 0 Å². The molecule has 0 aliphatic carbocycles. The first-order valence-electron chi connectivity index (χ1n) is 9.47. The molecule has 0 aromatic carbocycles. The molecule has 1 amide bonds. The van der Waals surface area contributed by atoms with Crippen LogP contribution in [0.5, 0.6) is 0 Å². The first-order valence-corrected chi connectivity index (χ1v) is 9.47. The average molecular weight is 370 g/mol. The maximum Gasteiger partial charge on any atom is 0.243 e. The van der Waals surface area contributed by atoms with Gasteiger partial charge in [-0.1, -0.05) is 12.8 Å².